The van der Waals surface area contributed by atoms with E-state index in [1.807, 2.05) is 0 Å². The summed E-state index contributed by atoms with van der Waals surface area (Å²) >= 11 is 5.54. The van der Waals surface area contributed by atoms with Crippen molar-refractivity contribution >= 4 is 23.9 Å². The molecular weight excluding hydrogens is 197 g/mol. The van der Waals surface area contributed by atoms with Gasteiger partial charge in [-0.05, 0) is 12.1 Å². The normalized spacial score (nSPS) is 9.38. The van der Waals surface area contributed by atoms with Gasteiger partial charge in [0.05, 0.1) is 10.6 Å². The third-order valence-electron chi connectivity index (χ3n) is 1.38. The first-order chi connectivity index (χ1) is 6.16. The van der Waals surface area contributed by atoms with Crippen molar-refractivity contribution in [3.05, 3.63) is 34.6 Å². The van der Waals surface area contributed by atoms with Crippen LogP contribution in [0.15, 0.2) is 18.2 Å². The number of amides is 2. The Hall–Kier alpha value is -1.42. The summed E-state index contributed by atoms with van der Waals surface area (Å²) in [4.78, 5) is 20.9. The van der Waals surface area contributed by atoms with Gasteiger partial charge in [-0.15, -0.1) is 0 Å². The van der Waals surface area contributed by atoms with Gasteiger partial charge in [-0.1, -0.05) is 17.7 Å². The number of imide groups is 1. The second-order valence-electron chi connectivity index (χ2n) is 2.19. The van der Waals surface area contributed by atoms with Crippen LogP contribution in [0.4, 0.5) is 4.39 Å². The SMILES string of the molecule is O=CNC(=O)c1c(F)cccc1Cl. The van der Waals surface area contributed by atoms with Gasteiger partial charge in [0, 0.05) is 0 Å². The van der Waals surface area contributed by atoms with Crippen molar-refractivity contribution in [2.24, 2.45) is 0 Å². The minimum absolute atomic E-state index is 0.0284. The van der Waals surface area contributed by atoms with Gasteiger partial charge >= 0.3 is 0 Å². The van der Waals surface area contributed by atoms with E-state index in [4.69, 9.17) is 11.6 Å². The molecule has 0 bridgehead atoms. The van der Waals surface area contributed by atoms with Crippen LogP contribution in [0.3, 0.4) is 0 Å². The van der Waals surface area contributed by atoms with Gasteiger partial charge in [0.2, 0.25) is 6.41 Å². The van der Waals surface area contributed by atoms with Crippen LogP contribution in [-0.4, -0.2) is 12.3 Å². The molecule has 0 unspecified atom stereocenters. The highest BCUT2D eigenvalue weighted by Gasteiger charge is 2.14. The lowest BCUT2D eigenvalue weighted by Crippen LogP contribution is -2.22. The molecule has 1 rings (SSSR count). The summed E-state index contributed by atoms with van der Waals surface area (Å²) in [6.45, 7) is 0. The summed E-state index contributed by atoms with van der Waals surface area (Å²) in [5.74, 6) is -1.61. The summed E-state index contributed by atoms with van der Waals surface area (Å²) in [6.07, 6.45) is 0.172. The van der Waals surface area contributed by atoms with Gasteiger partial charge in [0.1, 0.15) is 5.82 Å². The molecule has 5 heteroatoms. The highest BCUT2D eigenvalue weighted by molar-refractivity contribution is 6.34. The molecule has 0 aliphatic heterocycles. The van der Waals surface area contributed by atoms with Crippen LogP contribution in [-0.2, 0) is 4.79 Å². The highest BCUT2D eigenvalue weighted by atomic mass is 35.5. The van der Waals surface area contributed by atoms with Gasteiger partial charge < -0.3 is 0 Å². The lowest BCUT2D eigenvalue weighted by molar-refractivity contribution is -0.108. The Labute approximate surface area is 78.5 Å². The Morgan fingerprint density at radius 2 is 2.23 bits per heavy atom. The fraction of sp³-hybridized carbons (Fsp3) is 0. The molecule has 0 aliphatic rings. The van der Waals surface area contributed by atoms with Crippen LogP contribution < -0.4 is 5.32 Å². The van der Waals surface area contributed by atoms with E-state index in [-0.39, 0.29) is 17.0 Å². The number of nitrogens with one attached hydrogen (secondary N) is 1. The average Bonchev–Trinajstić information content (AvgIpc) is 2.04. The summed E-state index contributed by atoms with van der Waals surface area (Å²) in [5, 5.41) is 1.77. The van der Waals surface area contributed by atoms with Gasteiger partial charge in [-0.25, -0.2) is 4.39 Å². The van der Waals surface area contributed by atoms with E-state index in [0.717, 1.165) is 6.07 Å². The molecule has 0 spiro atoms. The van der Waals surface area contributed by atoms with Crippen LogP contribution in [0.1, 0.15) is 10.4 Å². The molecule has 1 aromatic carbocycles. The maximum atomic E-state index is 13.0. The molecule has 3 nitrogen and oxygen atoms in total. The number of rotatable bonds is 2. The van der Waals surface area contributed by atoms with Crippen molar-refractivity contribution in [3.8, 4) is 0 Å². The van der Waals surface area contributed by atoms with Gasteiger partial charge in [0.15, 0.2) is 0 Å². The fourth-order valence-corrected chi connectivity index (χ4v) is 1.09. The first kappa shape index (κ1) is 9.67. The van der Waals surface area contributed by atoms with Gasteiger partial charge in [0.25, 0.3) is 5.91 Å². The first-order valence-corrected chi connectivity index (χ1v) is 3.73. The van der Waals surface area contributed by atoms with E-state index in [0.29, 0.717) is 0 Å². The Morgan fingerprint density at radius 3 is 2.77 bits per heavy atom. The average molecular weight is 202 g/mol. The molecule has 0 aromatic heterocycles. The van der Waals surface area contributed by atoms with Crippen LogP contribution >= 0.6 is 11.6 Å². The van der Waals surface area contributed by atoms with E-state index < -0.39 is 11.7 Å². The Bertz CT molecular complexity index is 334. The summed E-state index contributed by atoms with van der Waals surface area (Å²) in [6, 6.07) is 3.82. The number of carbonyl (C=O) groups is 2. The van der Waals surface area contributed by atoms with E-state index >= 15 is 0 Å². The minimum atomic E-state index is -0.849. The molecule has 68 valence electrons. The lowest BCUT2D eigenvalue weighted by Gasteiger charge is -2.02. The molecule has 0 saturated heterocycles. The summed E-state index contributed by atoms with van der Waals surface area (Å²) in [7, 11) is 0. The quantitative estimate of drug-likeness (QED) is 0.735. The molecule has 0 heterocycles. The van der Waals surface area contributed by atoms with Gasteiger partial charge in [-0.2, -0.15) is 0 Å². The number of hydrogen-bond acceptors (Lipinski definition) is 2. The number of carbonyl (C=O) groups excluding carboxylic acids is 2. The molecule has 1 N–H and O–H groups in total. The molecule has 0 radical (unpaired) electrons. The Kier molecular flexibility index (Phi) is 2.97. The first-order valence-electron chi connectivity index (χ1n) is 3.35. The zero-order valence-electron chi connectivity index (χ0n) is 6.38. The van der Waals surface area contributed by atoms with Crippen LogP contribution in [0.5, 0.6) is 0 Å². The maximum Gasteiger partial charge on any atom is 0.262 e. The molecule has 0 fully saturated rings. The molecule has 2 amide bonds. The molecule has 13 heavy (non-hydrogen) atoms. The third-order valence-corrected chi connectivity index (χ3v) is 1.69. The summed E-state index contributed by atoms with van der Waals surface area (Å²) in [5.41, 5.74) is -0.323. The Balaban J connectivity index is 3.12. The van der Waals surface area contributed by atoms with Gasteiger partial charge in [-0.3, -0.25) is 14.9 Å². The zero-order chi connectivity index (χ0) is 9.84. The second kappa shape index (κ2) is 4.00. The fourth-order valence-electron chi connectivity index (χ4n) is 0.840. The monoisotopic (exact) mass is 201 g/mol. The second-order valence-corrected chi connectivity index (χ2v) is 2.60. The van der Waals surface area contributed by atoms with Crippen molar-refractivity contribution in [1.29, 1.82) is 0 Å². The molecule has 0 saturated carbocycles. The van der Waals surface area contributed by atoms with E-state index in [1.54, 1.807) is 5.32 Å². The van der Waals surface area contributed by atoms with Crippen molar-refractivity contribution in [1.82, 2.24) is 5.32 Å². The van der Waals surface area contributed by atoms with Crippen molar-refractivity contribution < 1.29 is 14.0 Å². The maximum absolute atomic E-state index is 13.0. The summed E-state index contributed by atoms with van der Waals surface area (Å²) < 4.78 is 13.0. The number of hydrogen-bond donors (Lipinski definition) is 1. The lowest BCUT2D eigenvalue weighted by atomic mass is 10.2. The molecule has 1 aromatic rings. The van der Waals surface area contributed by atoms with Crippen molar-refractivity contribution in [2.75, 3.05) is 0 Å². The van der Waals surface area contributed by atoms with Crippen LogP contribution in [0, 0.1) is 5.82 Å². The third kappa shape index (κ3) is 2.03. The van der Waals surface area contributed by atoms with E-state index in [1.165, 1.54) is 12.1 Å². The molecular formula is C8H5ClFNO2. The zero-order valence-corrected chi connectivity index (χ0v) is 7.14. The number of benzene rings is 1. The van der Waals surface area contributed by atoms with E-state index in [9.17, 15) is 14.0 Å². The molecule has 0 atom stereocenters. The molecule has 0 aliphatic carbocycles. The topological polar surface area (TPSA) is 46.2 Å². The minimum Gasteiger partial charge on any atom is -0.295 e. The van der Waals surface area contributed by atoms with E-state index in [2.05, 4.69) is 0 Å². The smallest absolute Gasteiger partial charge is 0.262 e. The van der Waals surface area contributed by atoms with Crippen LogP contribution in [0.2, 0.25) is 5.02 Å². The van der Waals surface area contributed by atoms with Crippen molar-refractivity contribution in [3.63, 3.8) is 0 Å². The largest absolute Gasteiger partial charge is 0.295 e. The predicted octanol–water partition coefficient (Wildman–Crippen LogP) is 1.37. The Morgan fingerprint density at radius 1 is 1.54 bits per heavy atom. The standard InChI is InChI=1S/C8H5ClFNO2/c9-5-2-1-3-6(10)7(5)8(13)11-4-12/h1-4H,(H,11,12,13). The van der Waals surface area contributed by atoms with Crippen molar-refractivity contribution in [2.45, 2.75) is 0 Å². The van der Waals surface area contributed by atoms with Crippen LogP contribution in [0.25, 0.3) is 0 Å². The highest BCUT2D eigenvalue weighted by Crippen LogP contribution is 2.18. The predicted molar refractivity (Wildman–Crippen MR) is 44.9 cm³/mol. The number of halogens is 2.